The second-order valence-corrected chi connectivity index (χ2v) is 8.93. The highest BCUT2D eigenvalue weighted by molar-refractivity contribution is 7.99. The Morgan fingerprint density at radius 2 is 1.88 bits per heavy atom. The number of hydrogen-bond acceptors (Lipinski definition) is 7. The van der Waals surface area contributed by atoms with E-state index in [1.54, 1.807) is 9.20 Å². The van der Waals surface area contributed by atoms with Crippen LogP contribution in [0.1, 0.15) is 27.4 Å². The molecule has 10 nitrogen and oxygen atoms in total. The van der Waals surface area contributed by atoms with Crippen LogP contribution in [0.4, 0.5) is 17.3 Å². The van der Waals surface area contributed by atoms with Crippen molar-refractivity contribution in [1.82, 2.24) is 34.6 Å². The molecule has 0 atom stereocenters. The van der Waals surface area contributed by atoms with Crippen LogP contribution in [0.5, 0.6) is 0 Å². The number of nitrogens with zero attached hydrogens (tertiary/aromatic N) is 6. The summed E-state index contributed by atoms with van der Waals surface area (Å²) < 4.78 is 3.49. The van der Waals surface area contributed by atoms with Gasteiger partial charge in [0.2, 0.25) is 5.16 Å². The lowest BCUT2D eigenvalue weighted by Crippen LogP contribution is -2.14. The summed E-state index contributed by atoms with van der Waals surface area (Å²) in [5.41, 5.74) is 4.64. The fourth-order valence-electron chi connectivity index (χ4n) is 3.66. The van der Waals surface area contributed by atoms with E-state index in [1.807, 2.05) is 76.5 Å². The summed E-state index contributed by atoms with van der Waals surface area (Å²) >= 11 is 1.43. The number of anilines is 3. The first-order valence-electron chi connectivity index (χ1n) is 10.6. The van der Waals surface area contributed by atoms with Gasteiger partial charge < -0.3 is 10.6 Å². The third-order valence-electron chi connectivity index (χ3n) is 5.38. The fraction of sp³-hybridized carbons (Fsp3) is 0.174. The van der Waals surface area contributed by atoms with E-state index in [0.717, 1.165) is 21.8 Å². The maximum atomic E-state index is 12.7. The minimum Gasteiger partial charge on any atom is -0.322 e. The first-order valence-corrected chi connectivity index (χ1v) is 11.4. The molecule has 0 spiro atoms. The summed E-state index contributed by atoms with van der Waals surface area (Å²) in [4.78, 5) is 18.4. The average Bonchev–Trinajstić information content (AvgIpc) is 3.49. The van der Waals surface area contributed by atoms with E-state index in [1.165, 1.54) is 11.8 Å². The molecule has 1 aromatic carbocycles. The van der Waals surface area contributed by atoms with Crippen LogP contribution < -0.4 is 10.6 Å². The first kappa shape index (κ1) is 21.7. The molecule has 0 bridgehead atoms. The molecule has 0 aliphatic rings. The highest BCUT2D eigenvalue weighted by Crippen LogP contribution is 2.29. The van der Waals surface area contributed by atoms with Gasteiger partial charge in [0.25, 0.3) is 5.91 Å². The quantitative estimate of drug-likeness (QED) is 0.337. The molecule has 5 rings (SSSR count). The van der Waals surface area contributed by atoms with Crippen molar-refractivity contribution in [1.29, 1.82) is 0 Å². The number of rotatable bonds is 6. The third-order valence-corrected chi connectivity index (χ3v) is 6.24. The fourth-order valence-corrected chi connectivity index (χ4v) is 4.41. The molecule has 5 aromatic rings. The molecular weight excluding hydrogens is 450 g/mol. The molecule has 1 amide bonds. The zero-order chi connectivity index (χ0) is 23.8. The van der Waals surface area contributed by atoms with Crippen molar-refractivity contribution >= 4 is 40.5 Å². The molecule has 34 heavy (non-hydrogen) atoms. The summed E-state index contributed by atoms with van der Waals surface area (Å²) in [6.45, 7) is 5.66. The second kappa shape index (κ2) is 8.67. The number of aromatic amines is 1. The van der Waals surface area contributed by atoms with Gasteiger partial charge in [0, 0.05) is 41.3 Å². The predicted molar refractivity (Wildman–Crippen MR) is 131 cm³/mol. The smallest absolute Gasteiger partial charge is 0.259 e. The molecule has 4 aromatic heterocycles. The number of benzene rings is 1. The summed E-state index contributed by atoms with van der Waals surface area (Å²) in [6.07, 6.45) is 1.88. The largest absolute Gasteiger partial charge is 0.322 e. The van der Waals surface area contributed by atoms with E-state index >= 15 is 0 Å². The van der Waals surface area contributed by atoms with E-state index < -0.39 is 0 Å². The van der Waals surface area contributed by atoms with Crippen LogP contribution in [-0.4, -0.2) is 40.5 Å². The van der Waals surface area contributed by atoms with Crippen LogP contribution >= 0.6 is 11.8 Å². The molecule has 0 fully saturated rings. The van der Waals surface area contributed by atoms with E-state index in [-0.39, 0.29) is 5.91 Å². The summed E-state index contributed by atoms with van der Waals surface area (Å²) in [5.74, 6) is 1.18. The standard InChI is InChI=1S/C23H23N9OS/c1-13-12-19(28-27-13)25-21-18-6-5-11-32(18)30-23(26-21)34-17-9-7-16(8-10-17)24-22(33)20-14(2)29-31(4)15(20)3/h5-12H,1-4H3,(H,24,33)(H2,25,26,27,28,30). The number of carbonyl (C=O) groups excluding carboxylic acids is 1. The van der Waals surface area contributed by atoms with Gasteiger partial charge in [0.15, 0.2) is 11.6 Å². The van der Waals surface area contributed by atoms with Gasteiger partial charge in [0.1, 0.15) is 5.52 Å². The minimum atomic E-state index is -0.172. The van der Waals surface area contributed by atoms with Crippen molar-refractivity contribution in [2.45, 2.75) is 30.8 Å². The first-order chi connectivity index (χ1) is 16.4. The molecule has 172 valence electrons. The lowest BCUT2D eigenvalue weighted by atomic mass is 10.2. The monoisotopic (exact) mass is 473 g/mol. The Morgan fingerprint density at radius 3 is 2.56 bits per heavy atom. The van der Waals surface area contributed by atoms with Crippen LogP contribution in [-0.2, 0) is 7.05 Å². The van der Waals surface area contributed by atoms with Crippen molar-refractivity contribution in [2.75, 3.05) is 10.6 Å². The van der Waals surface area contributed by atoms with Gasteiger partial charge in [-0.15, -0.1) is 5.10 Å². The highest BCUT2D eigenvalue weighted by Gasteiger charge is 2.17. The molecule has 0 saturated carbocycles. The van der Waals surface area contributed by atoms with Gasteiger partial charge >= 0.3 is 0 Å². The molecular formula is C23H23N9OS. The molecule has 0 radical (unpaired) electrons. The van der Waals surface area contributed by atoms with Crippen molar-refractivity contribution in [3.05, 3.63) is 71.3 Å². The Morgan fingerprint density at radius 1 is 1.09 bits per heavy atom. The van der Waals surface area contributed by atoms with Gasteiger partial charge in [-0.25, -0.2) is 9.50 Å². The second-order valence-electron chi connectivity index (χ2n) is 7.89. The summed E-state index contributed by atoms with van der Waals surface area (Å²) in [7, 11) is 1.83. The van der Waals surface area contributed by atoms with E-state index in [2.05, 4.69) is 31.0 Å². The Balaban J connectivity index is 1.33. The van der Waals surface area contributed by atoms with Gasteiger partial charge in [-0.05, 0) is 68.9 Å². The van der Waals surface area contributed by atoms with Gasteiger partial charge in [-0.2, -0.15) is 10.2 Å². The van der Waals surface area contributed by atoms with E-state index in [9.17, 15) is 4.79 Å². The lowest BCUT2D eigenvalue weighted by molar-refractivity contribution is 0.102. The number of amides is 1. The third kappa shape index (κ3) is 4.25. The molecule has 0 aliphatic carbocycles. The highest BCUT2D eigenvalue weighted by atomic mass is 32.2. The SMILES string of the molecule is Cc1cc(Nc2nc(Sc3ccc(NC(=O)c4c(C)nn(C)c4C)cc3)nn3cccc23)n[nH]1. The van der Waals surface area contributed by atoms with Gasteiger partial charge in [-0.3, -0.25) is 14.6 Å². The summed E-state index contributed by atoms with van der Waals surface area (Å²) in [5, 5.41) is 22.8. The molecule has 4 heterocycles. The van der Waals surface area contributed by atoms with Crippen LogP contribution in [0.25, 0.3) is 5.52 Å². The van der Waals surface area contributed by atoms with Crippen LogP contribution in [0.2, 0.25) is 0 Å². The van der Waals surface area contributed by atoms with Crippen molar-refractivity contribution in [2.24, 2.45) is 7.05 Å². The summed E-state index contributed by atoms with van der Waals surface area (Å²) in [6, 6.07) is 13.4. The molecule has 0 unspecified atom stereocenters. The number of nitrogens with one attached hydrogen (secondary N) is 3. The van der Waals surface area contributed by atoms with Crippen molar-refractivity contribution in [3.63, 3.8) is 0 Å². The lowest BCUT2D eigenvalue weighted by Gasteiger charge is -2.09. The number of aromatic nitrogens is 7. The minimum absolute atomic E-state index is 0.172. The Labute approximate surface area is 199 Å². The number of aryl methyl sites for hydroxylation is 3. The maximum absolute atomic E-state index is 12.7. The van der Waals surface area contributed by atoms with Crippen molar-refractivity contribution < 1.29 is 4.79 Å². The molecule has 11 heteroatoms. The zero-order valence-electron chi connectivity index (χ0n) is 19.1. The number of carbonyl (C=O) groups is 1. The van der Waals surface area contributed by atoms with Crippen LogP contribution in [0, 0.1) is 20.8 Å². The zero-order valence-corrected chi connectivity index (χ0v) is 19.9. The number of hydrogen-bond donors (Lipinski definition) is 3. The molecule has 0 aliphatic heterocycles. The molecule has 0 saturated heterocycles. The van der Waals surface area contributed by atoms with Crippen LogP contribution in [0.15, 0.2) is 58.7 Å². The van der Waals surface area contributed by atoms with Crippen molar-refractivity contribution in [3.8, 4) is 0 Å². The molecule has 3 N–H and O–H groups in total. The van der Waals surface area contributed by atoms with Gasteiger partial charge in [-0.1, -0.05) is 0 Å². The Hall–Kier alpha value is -4.12. The topological polar surface area (TPSA) is 118 Å². The van der Waals surface area contributed by atoms with E-state index in [4.69, 9.17) is 4.98 Å². The average molecular weight is 474 g/mol. The van der Waals surface area contributed by atoms with Gasteiger partial charge in [0.05, 0.1) is 11.3 Å². The predicted octanol–water partition coefficient (Wildman–Crippen LogP) is 4.26. The number of fused-ring (bicyclic) bond motifs is 1. The van der Waals surface area contributed by atoms with E-state index in [0.29, 0.717) is 33.7 Å². The number of H-pyrrole nitrogens is 1. The normalized spacial score (nSPS) is 11.2. The van der Waals surface area contributed by atoms with Crippen LogP contribution in [0.3, 0.4) is 0 Å². The maximum Gasteiger partial charge on any atom is 0.259 e. The Bertz CT molecular complexity index is 1500. The Kier molecular flexibility index (Phi) is 5.54.